The Morgan fingerprint density at radius 3 is 2.36 bits per heavy atom. The number of Topliss-reactive ketones (excluding diaryl/α,β-unsaturated/α-hetero) is 1. The zero-order valence-electron chi connectivity index (χ0n) is 7.61. The van der Waals surface area contributed by atoms with Gasteiger partial charge in [-0.25, -0.2) is 0 Å². The Balaban J connectivity index is 2.74. The first-order chi connectivity index (χ1) is 6.46. The summed E-state index contributed by atoms with van der Waals surface area (Å²) in [6.07, 6.45) is -2.42. The van der Waals surface area contributed by atoms with Gasteiger partial charge in [0.25, 0.3) is 0 Å². The van der Waals surface area contributed by atoms with Crippen LogP contribution in [0.15, 0.2) is 0 Å². The molecule has 0 amide bonds. The second-order valence-corrected chi connectivity index (χ2v) is 4.20. The molecule has 0 heterocycles. The molecule has 14 heavy (non-hydrogen) atoms. The Labute approximate surface area is 89.2 Å². The summed E-state index contributed by atoms with van der Waals surface area (Å²) in [5.74, 6) is -2.54. The predicted octanol–water partition coefficient (Wildman–Crippen LogP) is 3.32. The lowest BCUT2D eigenvalue weighted by molar-refractivity contribution is -0.197. The topological polar surface area (TPSA) is 17.1 Å². The van der Waals surface area contributed by atoms with Crippen LogP contribution in [0, 0.1) is 11.8 Å². The number of ketones is 1. The highest BCUT2D eigenvalue weighted by Crippen LogP contribution is 2.41. The minimum Gasteiger partial charge on any atom is -0.298 e. The van der Waals surface area contributed by atoms with Crippen molar-refractivity contribution in [1.82, 2.24) is 0 Å². The van der Waals surface area contributed by atoms with Crippen molar-refractivity contribution in [2.24, 2.45) is 11.8 Å². The standard InChI is InChI=1S/C9H12BrF3O/c10-5-8(14)6-3-1-2-4-7(6)9(11,12)13/h6-7H,1-5H2. The summed E-state index contributed by atoms with van der Waals surface area (Å²) in [5.41, 5.74) is 0. The smallest absolute Gasteiger partial charge is 0.298 e. The van der Waals surface area contributed by atoms with E-state index in [1.807, 2.05) is 0 Å². The third-order valence-corrected chi connectivity index (χ3v) is 3.28. The lowest BCUT2D eigenvalue weighted by Gasteiger charge is -2.31. The minimum atomic E-state index is -4.22. The molecule has 1 saturated carbocycles. The van der Waals surface area contributed by atoms with E-state index in [0.717, 1.165) is 6.42 Å². The first-order valence-corrected chi connectivity index (χ1v) is 5.74. The molecule has 0 N–H and O–H groups in total. The van der Waals surface area contributed by atoms with Gasteiger partial charge >= 0.3 is 6.18 Å². The Morgan fingerprint density at radius 1 is 1.29 bits per heavy atom. The summed E-state index contributed by atoms with van der Waals surface area (Å²) in [5, 5.41) is 0.0320. The average Bonchev–Trinajstić information content (AvgIpc) is 2.15. The van der Waals surface area contributed by atoms with Crippen molar-refractivity contribution in [1.29, 1.82) is 0 Å². The Kier molecular flexibility index (Phi) is 3.98. The van der Waals surface area contributed by atoms with Crippen molar-refractivity contribution in [2.75, 3.05) is 5.33 Å². The van der Waals surface area contributed by atoms with Crippen LogP contribution in [-0.4, -0.2) is 17.3 Å². The van der Waals surface area contributed by atoms with Crippen LogP contribution in [-0.2, 0) is 4.79 Å². The molecule has 2 unspecified atom stereocenters. The van der Waals surface area contributed by atoms with Crippen LogP contribution in [0.4, 0.5) is 13.2 Å². The van der Waals surface area contributed by atoms with Gasteiger partial charge in [-0.2, -0.15) is 13.2 Å². The SMILES string of the molecule is O=C(CBr)C1CCCCC1C(F)(F)F. The summed E-state index contributed by atoms with van der Waals surface area (Å²) in [7, 11) is 0. The molecule has 0 aromatic heterocycles. The largest absolute Gasteiger partial charge is 0.392 e. The third-order valence-electron chi connectivity index (χ3n) is 2.73. The number of hydrogen-bond donors (Lipinski definition) is 0. The number of alkyl halides is 4. The molecule has 2 atom stereocenters. The fourth-order valence-corrected chi connectivity index (χ4v) is 2.42. The zero-order chi connectivity index (χ0) is 10.8. The van der Waals surface area contributed by atoms with Crippen molar-refractivity contribution in [3.05, 3.63) is 0 Å². The molecule has 0 radical (unpaired) electrons. The molecule has 82 valence electrons. The van der Waals surface area contributed by atoms with Crippen LogP contribution in [0.5, 0.6) is 0 Å². The number of halogens is 4. The maximum absolute atomic E-state index is 12.5. The average molecular weight is 273 g/mol. The first kappa shape index (κ1) is 12.0. The fourth-order valence-electron chi connectivity index (χ4n) is 2.01. The Hall–Kier alpha value is -0.0600. The number of hydrogen-bond acceptors (Lipinski definition) is 1. The van der Waals surface area contributed by atoms with E-state index in [1.54, 1.807) is 0 Å². The summed E-state index contributed by atoms with van der Waals surface area (Å²) >= 11 is 2.93. The third kappa shape index (κ3) is 2.72. The first-order valence-electron chi connectivity index (χ1n) is 4.62. The molecule has 0 spiro atoms. The van der Waals surface area contributed by atoms with Crippen molar-refractivity contribution < 1.29 is 18.0 Å². The summed E-state index contributed by atoms with van der Waals surface area (Å²) < 4.78 is 37.6. The number of carbonyl (C=O) groups excluding carboxylic acids is 1. The minimum absolute atomic E-state index is 0.0320. The van der Waals surface area contributed by atoms with E-state index >= 15 is 0 Å². The molecular weight excluding hydrogens is 261 g/mol. The van der Waals surface area contributed by atoms with Crippen LogP contribution in [0.1, 0.15) is 25.7 Å². The molecule has 1 nitrogen and oxygen atoms in total. The molecule has 5 heteroatoms. The zero-order valence-corrected chi connectivity index (χ0v) is 9.20. The normalized spacial score (nSPS) is 28.9. The van der Waals surface area contributed by atoms with Crippen LogP contribution in [0.25, 0.3) is 0 Å². The van der Waals surface area contributed by atoms with Crippen LogP contribution >= 0.6 is 15.9 Å². The van der Waals surface area contributed by atoms with Gasteiger partial charge in [-0.15, -0.1) is 0 Å². The quantitative estimate of drug-likeness (QED) is 0.705. The molecule has 1 rings (SSSR count). The maximum Gasteiger partial charge on any atom is 0.392 e. The van der Waals surface area contributed by atoms with Crippen molar-refractivity contribution in [3.63, 3.8) is 0 Å². The fraction of sp³-hybridized carbons (Fsp3) is 0.889. The van der Waals surface area contributed by atoms with Crippen molar-refractivity contribution in [2.45, 2.75) is 31.9 Å². The lowest BCUT2D eigenvalue weighted by Crippen LogP contribution is -2.37. The highest BCUT2D eigenvalue weighted by Gasteiger charge is 2.47. The van der Waals surface area contributed by atoms with Crippen molar-refractivity contribution in [3.8, 4) is 0 Å². The van der Waals surface area contributed by atoms with Crippen molar-refractivity contribution >= 4 is 21.7 Å². The van der Waals surface area contributed by atoms with E-state index in [9.17, 15) is 18.0 Å². The molecule has 0 aromatic carbocycles. The van der Waals surface area contributed by atoms with Gasteiger partial charge in [0.05, 0.1) is 11.2 Å². The van der Waals surface area contributed by atoms with E-state index in [-0.39, 0.29) is 17.5 Å². The molecule has 1 aliphatic carbocycles. The van der Waals surface area contributed by atoms with E-state index in [1.165, 1.54) is 0 Å². The highest BCUT2D eigenvalue weighted by molar-refractivity contribution is 9.09. The number of rotatable bonds is 2. The molecule has 0 bridgehead atoms. The van der Waals surface area contributed by atoms with E-state index < -0.39 is 18.0 Å². The lowest BCUT2D eigenvalue weighted by atomic mass is 9.77. The predicted molar refractivity (Wildman–Crippen MR) is 50.3 cm³/mol. The second kappa shape index (κ2) is 4.64. The molecule has 1 fully saturated rings. The molecule has 1 aliphatic rings. The second-order valence-electron chi connectivity index (χ2n) is 3.64. The highest BCUT2D eigenvalue weighted by atomic mass is 79.9. The monoisotopic (exact) mass is 272 g/mol. The Bertz CT molecular complexity index is 215. The van der Waals surface area contributed by atoms with Gasteiger partial charge in [-0.3, -0.25) is 4.79 Å². The van der Waals surface area contributed by atoms with Gasteiger partial charge in [0.15, 0.2) is 0 Å². The van der Waals surface area contributed by atoms with Crippen LogP contribution < -0.4 is 0 Å². The maximum atomic E-state index is 12.5. The number of carbonyl (C=O) groups is 1. The summed E-state index contributed by atoms with van der Waals surface area (Å²) in [6, 6.07) is 0. The van der Waals surface area contributed by atoms with E-state index in [4.69, 9.17) is 0 Å². The van der Waals surface area contributed by atoms with Gasteiger partial charge in [0, 0.05) is 5.92 Å². The van der Waals surface area contributed by atoms with Crippen LogP contribution in [0.2, 0.25) is 0 Å². The van der Waals surface area contributed by atoms with Gasteiger partial charge in [-0.1, -0.05) is 28.8 Å². The van der Waals surface area contributed by atoms with Gasteiger partial charge in [0.1, 0.15) is 5.78 Å². The van der Waals surface area contributed by atoms with Gasteiger partial charge in [-0.05, 0) is 12.8 Å². The van der Waals surface area contributed by atoms with Gasteiger partial charge < -0.3 is 0 Å². The van der Waals surface area contributed by atoms with E-state index in [0.29, 0.717) is 12.8 Å². The molecular formula is C9H12BrF3O. The van der Waals surface area contributed by atoms with Crippen LogP contribution in [0.3, 0.4) is 0 Å². The molecule has 0 saturated heterocycles. The van der Waals surface area contributed by atoms with E-state index in [2.05, 4.69) is 15.9 Å². The van der Waals surface area contributed by atoms with Gasteiger partial charge in [0.2, 0.25) is 0 Å². The summed E-state index contributed by atoms with van der Waals surface area (Å²) in [4.78, 5) is 11.3. The molecule has 0 aliphatic heterocycles. The Morgan fingerprint density at radius 2 is 1.86 bits per heavy atom. The molecule has 0 aromatic rings. The summed E-state index contributed by atoms with van der Waals surface area (Å²) in [6.45, 7) is 0.